The molecule has 1 fully saturated rings. The van der Waals surface area contributed by atoms with Gasteiger partial charge in [-0.3, -0.25) is 4.90 Å². The van der Waals surface area contributed by atoms with Crippen molar-refractivity contribution in [3.8, 4) is 6.07 Å². The van der Waals surface area contributed by atoms with Crippen LogP contribution >= 0.6 is 22.6 Å². The summed E-state index contributed by atoms with van der Waals surface area (Å²) in [7, 11) is 1.86. The first-order valence-electron chi connectivity index (χ1n) is 9.75. The Kier molecular flexibility index (Phi) is 7.36. The number of ether oxygens (including phenoxy) is 1. The van der Waals surface area contributed by atoms with Gasteiger partial charge in [0.1, 0.15) is 23.1 Å². The number of carbonyl (C=O) groups is 1. The van der Waals surface area contributed by atoms with E-state index in [-0.39, 0.29) is 33.3 Å². The standard InChI is InChI=1S/C20H22F2IN5O2/c1-3-4-8-28-18-16(22)12(11-24)9-13(21)17(18)26-20(28)25-15(10-23)30-19(29)14-6-5-7-27(14)2/h9,14H,3-8,10H2,1-2H3/b25-15-. The number of imidazole rings is 1. The van der Waals surface area contributed by atoms with E-state index >= 15 is 0 Å². The second-order valence-corrected chi connectivity index (χ2v) is 7.91. The molecule has 1 aliphatic heterocycles. The predicted molar refractivity (Wildman–Crippen MR) is 117 cm³/mol. The summed E-state index contributed by atoms with van der Waals surface area (Å²) in [5.74, 6) is -1.86. The van der Waals surface area contributed by atoms with E-state index in [1.165, 1.54) is 4.57 Å². The van der Waals surface area contributed by atoms with E-state index in [4.69, 9.17) is 10.00 Å². The Morgan fingerprint density at radius 2 is 2.27 bits per heavy atom. The van der Waals surface area contributed by atoms with E-state index in [2.05, 4.69) is 9.98 Å². The third kappa shape index (κ3) is 4.46. The Morgan fingerprint density at radius 3 is 2.87 bits per heavy atom. The molecule has 1 aromatic carbocycles. The molecular formula is C20H22F2IN5O2. The number of nitrogens with zero attached hydrogens (tertiary/aromatic N) is 5. The summed E-state index contributed by atoms with van der Waals surface area (Å²) < 4.78 is 36.5. The maximum absolute atomic E-state index is 14.8. The minimum Gasteiger partial charge on any atom is -0.409 e. The monoisotopic (exact) mass is 529 g/mol. The number of likely N-dealkylation sites (N-methyl/N-ethyl adjacent to an activating group) is 1. The molecule has 2 heterocycles. The van der Waals surface area contributed by atoms with Gasteiger partial charge in [-0.25, -0.2) is 18.6 Å². The van der Waals surface area contributed by atoms with Gasteiger partial charge in [-0.05, 0) is 38.9 Å². The van der Waals surface area contributed by atoms with Crippen LogP contribution in [0.1, 0.15) is 38.2 Å². The molecule has 1 aliphatic rings. The molecule has 3 rings (SSSR count). The number of likely N-dealkylation sites (tertiary alicyclic amines) is 1. The molecule has 0 amide bonds. The van der Waals surface area contributed by atoms with E-state index in [1.807, 2.05) is 41.5 Å². The van der Waals surface area contributed by atoms with Crippen LogP contribution in [0.2, 0.25) is 0 Å². The van der Waals surface area contributed by atoms with Gasteiger partial charge in [0, 0.05) is 6.54 Å². The molecule has 1 saturated heterocycles. The lowest BCUT2D eigenvalue weighted by Crippen LogP contribution is -2.35. The summed E-state index contributed by atoms with van der Waals surface area (Å²) in [6, 6.07) is 2.17. The molecule has 10 heteroatoms. The number of aromatic nitrogens is 2. The van der Waals surface area contributed by atoms with Crippen molar-refractivity contribution in [1.29, 1.82) is 5.26 Å². The average Bonchev–Trinajstić information content (AvgIpc) is 3.32. The van der Waals surface area contributed by atoms with Gasteiger partial charge in [0.2, 0.25) is 11.8 Å². The molecule has 7 nitrogen and oxygen atoms in total. The van der Waals surface area contributed by atoms with Gasteiger partial charge in [0.05, 0.1) is 9.99 Å². The fourth-order valence-electron chi connectivity index (χ4n) is 3.49. The van der Waals surface area contributed by atoms with Crippen molar-refractivity contribution >= 4 is 51.4 Å². The van der Waals surface area contributed by atoms with Gasteiger partial charge < -0.3 is 9.30 Å². The highest BCUT2D eigenvalue weighted by molar-refractivity contribution is 14.1. The Labute approximate surface area is 186 Å². The zero-order chi connectivity index (χ0) is 21.8. The Hall–Kier alpha value is -2.13. The summed E-state index contributed by atoms with van der Waals surface area (Å²) in [6.45, 7) is 3.13. The van der Waals surface area contributed by atoms with Gasteiger partial charge in [-0.1, -0.05) is 35.9 Å². The van der Waals surface area contributed by atoms with Crippen LogP contribution in [0.15, 0.2) is 11.1 Å². The molecule has 1 atom stereocenters. The predicted octanol–water partition coefficient (Wildman–Crippen LogP) is 4.09. The molecule has 1 unspecified atom stereocenters. The fraction of sp³-hybridized carbons (Fsp3) is 0.500. The molecular weight excluding hydrogens is 507 g/mol. The molecule has 1 aromatic heterocycles. The summed E-state index contributed by atoms with van der Waals surface area (Å²) in [5.41, 5.74) is -0.692. The highest BCUT2D eigenvalue weighted by Gasteiger charge is 2.30. The molecule has 0 aliphatic carbocycles. The van der Waals surface area contributed by atoms with Crippen molar-refractivity contribution in [2.24, 2.45) is 4.99 Å². The number of fused-ring (bicyclic) bond motifs is 1. The minimum atomic E-state index is -0.834. The summed E-state index contributed by atoms with van der Waals surface area (Å²) in [5, 5.41) is 9.11. The molecule has 0 saturated carbocycles. The number of esters is 1. The zero-order valence-corrected chi connectivity index (χ0v) is 18.9. The third-order valence-electron chi connectivity index (χ3n) is 5.09. The summed E-state index contributed by atoms with van der Waals surface area (Å²) >= 11 is 2.01. The molecule has 0 radical (unpaired) electrons. The Balaban J connectivity index is 2.04. The topological polar surface area (TPSA) is 83.5 Å². The highest BCUT2D eigenvalue weighted by Crippen LogP contribution is 2.29. The third-order valence-corrected chi connectivity index (χ3v) is 5.75. The number of hydrogen-bond donors (Lipinski definition) is 0. The number of aliphatic imine (C=N–C) groups is 1. The number of alkyl halides is 1. The van der Waals surface area contributed by atoms with E-state index in [0.29, 0.717) is 19.4 Å². The van der Waals surface area contributed by atoms with Crippen molar-refractivity contribution in [2.45, 2.75) is 45.2 Å². The van der Waals surface area contributed by atoms with Crippen molar-refractivity contribution in [3.05, 3.63) is 23.3 Å². The minimum absolute atomic E-state index is 0.0468. The van der Waals surface area contributed by atoms with Crippen LogP contribution in [0.3, 0.4) is 0 Å². The first-order chi connectivity index (χ1) is 14.4. The van der Waals surface area contributed by atoms with Gasteiger partial charge in [0.15, 0.2) is 11.6 Å². The lowest BCUT2D eigenvalue weighted by atomic mass is 10.2. The maximum Gasteiger partial charge on any atom is 0.329 e. The molecule has 0 N–H and O–H groups in total. The highest BCUT2D eigenvalue weighted by atomic mass is 127. The van der Waals surface area contributed by atoms with Crippen molar-refractivity contribution in [2.75, 3.05) is 18.0 Å². The molecule has 2 aromatic rings. The molecule has 0 bridgehead atoms. The number of carbonyl (C=O) groups excluding carboxylic acids is 1. The summed E-state index contributed by atoms with van der Waals surface area (Å²) in [4.78, 5) is 22.9. The van der Waals surface area contributed by atoms with Gasteiger partial charge >= 0.3 is 5.97 Å². The fourth-order valence-corrected chi connectivity index (χ4v) is 3.82. The number of hydrogen-bond acceptors (Lipinski definition) is 6. The number of nitriles is 1. The van der Waals surface area contributed by atoms with E-state index in [0.717, 1.165) is 25.5 Å². The summed E-state index contributed by atoms with van der Waals surface area (Å²) in [6.07, 6.45) is 3.12. The van der Waals surface area contributed by atoms with Gasteiger partial charge in [0.25, 0.3) is 0 Å². The number of unbranched alkanes of at least 4 members (excludes halogenated alkanes) is 1. The van der Waals surface area contributed by atoms with Crippen LogP contribution in [0.5, 0.6) is 0 Å². The van der Waals surface area contributed by atoms with Gasteiger partial charge in [-0.15, -0.1) is 0 Å². The van der Waals surface area contributed by atoms with Gasteiger partial charge in [-0.2, -0.15) is 10.3 Å². The number of halogens is 3. The first kappa shape index (κ1) is 22.6. The first-order valence-corrected chi connectivity index (χ1v) is 11.3. The lowest BCUT2D eigenvalue weighted by Gasteiger charge is -2.17. The zero-order valence-electron chi connectivity index (χ0n) is 16.8. The van der Waals surface area contributed by atoms with E-state index in [1.54, 1.807) is 6.07 Å². The normalized spacial score (nSPS) is 17.5. The SMILES string of the molecule is CCCCn1c(/N=C(/CI)OC(=O)C2CCCN2C)nc2c(F)cc(C#N)c(F)c21. The van der Waals surface area contributed by atoms with Crippen molar-refractivity contribution in [1.82, 2.24) is 14.5 Å². The second kappa shape index (κ2) is 9.78. The number of aryl methyl sites for hydroxylation is 1. The molecule has 0 spiro atoms. The van der Waals surface area contributed by atoms with Crippen LogP contribution in [-0.2, 0) is 16.1 Å². The molecule has 160 valence electrons. The van der Waals surface area contributed by atoms with Crippen LogP contribution in [0.25, 0.3) is 11.0 Å². The average molecular weight is 529 g/mol. The van der Waals surface area contributed by atoms with Crippen LogP contribution < -0.4 is 0 Å². The molecule has 30 heavy (non-hydrogen) atoms. The van der Waals surface area contributed by atoms with Crippen molar-refractivity contribution < 1.29 is 18.3 Å². The van der Waals surface area contributed by atoms with E-state index < -0.39 is 23.2 Å². The van der Waals surface area contributed by atoms with E-state index in [9.17, 15) is 13.6 Å². The van der Waals surface area contributed by atoms with Crippen molar-refractivity contribution in [3.63, 3.8) is 0 Å². The smallest absolute Gasteiger partial charge is 0.329 e. The largest absolute Gasteiger partial charge is 0.409 e. The lowest BCUT2D eigenvalue weighted by molar-refractivity contribution is -0.140. The Bertz CT molecular complexity index is 1030. The number of benzene rings is 1. The van der Waals surface area contributed by atoms with Crippen LogP contribution in [0.4, 0.5) is 14.7 Å². The Morgan fingerprint density at radius 1 is 1.50 bits per heavy atom. The van der Waals surface area contributed by atoms with Crippen LogP contribution in [-0.4, -0.2) is 50.4 Å². The number of rotatable bonds is 6. The van der Waals surface area contributed by atoms with Crippen LogP contribution in [0, 0.1) is 23.0 Å². The second-order valence-electron chi connectivity index (χ2n) is 7.14. The maximum atomic E-state index is 14.8. The quantitative estimate of drug-likeness (QED) is 0.185.